The molecule has 0 unspecified atom stereocenters. The van der Waals surface area contributed by atoms with Gasteiger partial charge in [0.1, 0.15) is 5.75 Å². The first kappa shape index (κ1) is 11.4. The Labute approximate surface area is 107 Å². The molecule has 2 aromatic rings. The molecular weight excluding hydrogens is 226 g/mol. The SMILES string of the molecule is c1cc(CNCCc2ccc3c(c2)CCO3)co1. The lowest BCUT2D eigenvalue weighted by molar-refractivity contribution is 0.357. The number of benzene rings is 1. The molecule has 0 atom stereocenters. The second kappa shape index (κ2) is 5.27. The summed E-state index contributed by atoms with van der Waals surface area (Å²) in [5, 5.41) is 3.41. The highest BCUT2D eigenvalue weighted by atomic mass is 16.5. The van der Waals surface area contributed by atoms with Gasteiger partial charge in [0.2, 0.25) is 0 Å². The lowest BCUT2D eigenvalue weighted by Crippen LogP contribution is -2.16. The van der Waals surface area contributed by atoms with Gasteiger partial charge < -0.3 is 14.5 Å². The van der Waals surface area contributed by atoms with Crippen LogP contribution in [0.5, 0.6) is 5.75 Å². The van der Waals surface area contributed by atoms with Crippen molar-refractivity contribution >= 4 is 0 Å². The van der Waals surface area contributed by atoms with Crippen LogP contribution in [-0.4, -0.2) is 13.2 Å². The van der Waals surface area contributed by atoms with Crippen LogP contribution in [0.4, 0.5) is 0 Å². The molecule has 18 heavy (non-hydrogen) atoms. The Morgan fingerprint density at radius 3 is 3.06 bits per heavy atom. The van der Waals surface area contributed by atoms with Crippen LogP contribution in [0.2, 0.25) is 0 Å². The number of hydrogen-bond acceptors (Lipinski definition) is 3. The molecule has 0 bridgehead atoms. The number of rotatable bonds is 5. The minimum absolute atomic E-state index is 0.831. The van der Waals surface area contributed by atoms with Gasteiger partial charge >= 0.3 is 0 Å². The number of ether oxygens (including phenoxy) is 1. The Morgan fingerprint density at radius 2 is 2.17 bits per heavy atom. The normalized spacial score (nSPS) is 13.3. The summed E-state index contributed by atoms with van der Waals surface area (Å²) in [5.41, 5.74) is 3.92. The highest BCUT2D eigenvalue weighted by molar-refractivity contribution is 5.39. The van der Waals surface area contributed by atoms with E-state index in [-0.39, 0.29) is 0 Å². The molecule has 0 saturated carbocycles. The van der Waals surface area contributed by atoms with Crippen LogP contribution in [-0.2, 0) is 19.4 Å². The van der Waals surface area contributed by atoms with Gasteiger partial charge in [-0.3, -0.25) is 0 Å². The maximum atomic E-state index is 5.50. The van der Waals surface area contributed by atoms with Crippen LogP contribution in [0.15, 0.2) is 41.2 Å². The van der Waals surface area contributed by atoms with Crippen LogP contribution in [0, 0.1) is 0 Å². The number of fused-ring (bicyclic) bond motifs is 1. The van der Waals surface area contributed by atoms with E-state index >= 15 is 0 Å². The third-order valence-corrected chi connectivity index (χ3v) is 3.25. The molecule has 0 spiro atoms. The first-order chi connectivity index (χ1) is 8.92. The molecule has 1 aliphatic rings. The molecule has 0 saturated heterocycles. The van der Waals surface area contributed by atoms with Crippen molar-refractivity contribution in [3.63, 3.8) is 0 Å². The van der Waals surface area contributed by atoms with Crippen molar-refractivity contribution in [1.82, 2.24) is 5.32 Å². The second-order valence-electron chi connectivity index (χ2n) is 4.60. The Kier molecular flexibility index (Phi) is 3.33. The summed E-state index contributed by atoms with van der Waals surface area (Å²) < 4.78 is 10.5. The summed E-state index contributed by atoms with van der Waals surface area (Å²) in [6.45, 7) is 2.67. The fourth-order valence-corrected chi connectivity index (χ4v) is 2.25. The summed E-state index contributed by atoms with van der Waals surface area (Å²) in [6.07, 6.45) is 5.58. The summed E-state index contributed by atoms with van der Waals surface area (Å²) in [7, 11) is 0. The highest BCUT2D eigenvalue weighted by Gasteiger charge is 2.11. The van der Waals surface area contributed by atoms with Crippen LogP contribution in [0.3, 0.4) is 0 Å². The van der Waals surface area contributed by atoms with Gasteiger partial charge in [0.25, 0.3) is 0 Å². The van der Waals surface area contributed by atoms with Crippen molar-refractivity contribution in [2.75, 3.05) is 13.2 Å². The molecule has 3 nitrogen and oxygen atoms in total. The van der Waals surface area contributed by atoms with Gasteiger partial charge in [-0.2, -0.15) is 0 Å². The van der Waals surface area contributed by atoms with Gasteiger partial charge in [-0.15, -0.1) is 0 Å². The molecule has 0 amide bonds. The molecule has 94 valence electrons. The first-order valence-corrected chi connectivity index (χ1v) is 6.38. The van der Waals surface area contributed by atoms with E-state index in [4.69, 9.17) is 9.15 Å². The standard InChI is InChI=1S/C15H17NO2/c1-2-15-14(5-8-18-15)9-12(1)3-6-16-10-13-4-7-17-11-13/h1-2,4,7,9,11,16H,3,5-6,8,10H2. The maximum absolute atomic E-state index is 5.50. The van der Waals surface area contributed by atoms with Gasteiger partial charge in [-0.05, 0) is 36.2 Å². The fourth-order valence-electron chi connectivity index (χ4n) is 2.25. The van der Waals surface area contributed by atoms with Crippen LogP contribution >= 0.6 is 0 Å². The molecule has 0 fully saturated rings. The van der Waals surface area contributed by atoms with Crippen molar-refractivity contribution in [3.8, 4) is 5.75 Å². The molecule has 0 radical (unpaired) electrons. The van der Waals surface area contributed by atoms with E-state index in [1.807, 2.05) is 6.07 Å². The zero-order valence-electron chi connectivity index (χ0n) is 10.3. The third kappa shape index (κ3) is 2.57. The zero-order chi connectivity index (χ0) is 12.2. The monoisotopic (exact) mass is 243 g/mol. The van der Waals surface area contributed by atoms with Crippen molar-refractivity contribution < 1.29 is 9.15 Å². The van der Waals surface area contributed by atoms with E-state index in [0.717, 1.165) is 38.3 Å². The first-order valence-electron chi connectivity index (χ1n) is 6.38. The average molecular weight is 243 g/mol. The Bertz CT molecular complexity index is 505. The molecule has 1 aromatic heterocycles. The van der Waals surface area contributed by atoms with Gasteiger partial charge in [0, 0.05) is 18.5 Å². The van der Waals surface area contributed by atoms with E-state index < -0.39 is 0 Å². The van der Waals surface area contributed by atoms with Gasteiger partial charge in [0.15, 0.2) is 0 Å². The van der Waals surface area contributed by atoms with Crippen LogP contribution in [0.1, 0.15) is 16.7 Å². The minimum atomic E-state index is 0.831. The number of furan rings is 1. The predicted octanol–water partition coefficient (Wildman–Crippen LogP) is 2.55. The van der Waals surface area contributed by atoms with E-state index in [2.05, 4.69) is 23.5 Å². The van der Waals surface area contributed by atoms with Gasteiger partial charge in [0.05, 0.1) is 19.1 Å². The molecule has 3 heteroatoms. The van der Waals surface area contributed by atoms with Crippen molar-refractivity contribution in [1.29, 1.82) is 0 Å². The summed E-state index contributed by atoms with van der Waals surface area (Å²) in [4.78, 5) is 0. The summed E-state index contributed by atoms with van der Waals surface area (Å²) >= 11 is 0. The lowest BCUT2D eigenvalue weighted by Gasteiger charge is -2.05. The maximum Gasteiger partial charge on any atom is 0.122 e. The van der Waals surface area contributed by atoms with Crippen molar-refractivity contribution in [2.24, 2.45) is 0 Å². The molecule has 0 aliphatic carbocycles. The molecule has 2 heterocycles. The average Bonchev–Trinajstić information content (AvgIpc) is 3.05. The molecule has 3 rings (SSSR count). The molecule has 1 aromatic carbocycles. The Morgan fingerprint density at radius 1 is 1.17 bits per heavy atom. The second-order valence-corrected chi connectivity index (χ2v) is 4.60. The van der Waals surface area contributed by atoms with E-state index in [0.29, 0.717) is 0 Å². The van der Waals surface area contributed by atoms with E-state index in [9.17, 15) is 0 Å². The topological polar surface area (TPSA) is 34.4 Å². The van der Waals surface area contributed by atoms with Crippen LogP contribution in [0.25, 0.3) is 0 Å². The third-order valence-electron chi connectivity index (χ3n) is 3.25. The minimum Gasteiger partial charge on any atom is -0.493 e. The Balaban J connectivity index is 1.48. The fraction of sp³-hybridized carbons (Fsp3) is 0.333. The molecule has 1 N–H and O–H groups in total. The lowest BCUT2D eigenvalue weighted by atomic mass is 10.1. The quantitative estimate of drug-likeness (QED) is 0.819. The van der Waals surface area contributed by atoms with Gasteiger partial charge in [-0.25, -0.2) is 0 Å². The summed E-state index contributed by atoms with van der Waals surface area (Å²) in [5.74, 6) is 1.06. The van der Waals surface area contributed by atoms with Crippen molar-refractivity contribution in [3.05, 3.63) is 53.5 Å². The van der Waals surface area contributed by atoms with E-state index in [1.165, 1.54) is 16.7 Å². The van der Waals surface area contributed by atoms with Gasteiger partial charge in [-0.1, -0.05) is 12.1 Å². The van der Waals surface area contributed by atoms with Crippen molar-refractivity contribution in [2.45, 2.75) is 19.4 Å². The van der Waals surface area contributed by atoms with E-state index in [1.54, 1.807) is 12.5 Å². The predicted molar refractivity (Wildman–Crippen MR) is 69.8 cm³/mol. The summed E-state index contributed by atoms with van der Waals surface area (Å²) in [6, 6.07) is 8.50. The molecule has 1 aliphatic heterocycles. The largest absolute Gasteiger partial charge is 0.493 e. The smallest absolute Gasteiger partial charge is 0.122 e. The Hall–Kier alpha value is -1.74. The van der Waals surface area contributed by atoms with Crippen LogP contribution < -0.4 is 10.1 Å². The molecular formula is C15H17NO2. The number of hydrogen-bond donors (Lipinski definition) is 1. The number of nitrogens with one attached hydrogen (secondary N) is 1. The highest BCUT2D eigenvalue weighted by Crippen LogP contribution is 2.25. The zero-order valence-corrected chi connectivity index (χ0v) is 10.3.